The third-order valence-corrected chi connectivity index (χ3v) is 7.05. The maximum Gasteiger partial charge on any atom is 0.295 e. The van der Waals surface area contributed by atoms with Gasteiger partial charge in [-0.1, -0.05) is 30.3 Å². The van der Waals surface area contributed by atoms with Crippen molar-refractivity contribution in [1.82, 2.24) is 9.80 Å². The largest absolute Gasteiger partial charge is 0.507 e. The zero-order valence-corrected chi connectivity index (χ0v) is 23.6. The van der Waals surface area contributed by atoms with Crippen molar-refractivity contribution in [1.29, 1.82) is 0 Å². The van der Waals surface area contributed by atoms with Crippen molar-refractivity contribution in [3.63, 3.8) is 0 Å². The Morgan fingerprint density at radius 1 is 0.950 bits per heavy atom. The van der Waals surface area contributed by atoms with Crippen molar-refractivity contribution in [2.75, 3.05) is 41.4 Å². The number of aliphatic hydroxyl groups is 1. The van der Waals surface area contributed by atoms with Crippen LogP contribution in [-0.2, 0) is 16.2 Å². The van der Waals surface area contributed by atoms with Crippen LogP contribution in [0.25, 0.3) is 5.76 Å². The fourth-order valence-electron chi connectivity index (χ4n) is 4.84. The van der Waals surface area contributed by atoms with Gasteiger partial charge in [0.15, 0.2) is 11.5 Å². The molecule has 1 fully saturated rings. The van der Waals surface area contributed by atoms with E-state index in [1.165, 1.54) is 12.0 Å². The molecule has 1 aliphatic heterocycles. The van der Waals surface area contributed by atoms with Crippen LogP contribution in [-0.4, -0.2) is 68.0 Å². The minimum atomic E-state index is -0.779. The number of nitrogens with zero attached hydrogens (tertiary/aromatic N) is 2. The predicted octanol–water partition coefficient (Wildman–Crippen LogP) is 4.96. The first-order chi connectivity index (χ1) is 19.2. The Hall–Kier alpha value is -4.30. The summed E-state index contributed by atoms with van der Waals surface area (Å²) in [5.41, 5.74) is 3.32. The lowest BCUT2D eigenvalue weighted by Gasteiger charge is -2.26. The van der Waals surface area contributed by atoms with Crippen molar-refractivity contribution in [3.05, 3.63) is 94.6 Å². The number of aliphatic hydroxyl groups excluding tert-OH is 1. The summed E-state index contributed by atoms with van der Waals surface area (Å²) in [6, 6.07) is 19.3. The molecule has 1 atom stereocenters. The molecule has 3 aromatic rings. The van der Waals surface area contributed by atoms with E-state index in [0.29, 0.717) is 47.9 Å². The fourth-order valence-corrected chi connectivity index (χ4v) is 4.84. The average Bonchev–Trinajstić information content (AvgIpc) is 3.21. The number of carbonyl (C=O) groups is 2. The van der Waals surface area contributed by atoms with Crippen molar-refractivity contribution < 1.29 is 28.9 Å². The van der Waals surface area contributed by atoms with Crippen molar-refractivity contribution in [2.24, 2.45) is 0 Å². The lowest BCUT2D eigenvalue weighted by atomic mass is 9.95. The highest BCUT2D eigenvalue weighted by Gasteiger charge is 2.46. The molecule has 40 heavy (non-hydrogen) atoms. The molecule has 1 aliphatic rings. The van der Waals surface area contributed by atoms with E-state index in [-0.39, 0.29) is 11.3 Å². The van der Waals surface area contributed by atoms with Crippen LogP contribution >= 0.6 is 0 Å². The predicted molar refractivity (Wildman–Crippen MR) is 154 cm³/mol. The summed E-state index contributed by atoms with van der Waals surface area (Å²) >= 11 is 0. The van der Waals surface area contributed by atoms with Crippen molar-refractivity contribution >= 4 is 17.4 Å². The molecular weight excluding hydrogens is 508 g/mol. The van der Waals surface area contributed by atoms with Crippen LogP contribution in [0.5, 0.6) is 17.2 Å². The van der Waals surface area contributed by atoms with E-state index in [4.69, 9.17) is 14.2 Å². The standard InChI is InChI=1S/C32H36N2O6/c1-21-9-6-7-10-24(21)20-40-25-14-11-22(12-15-25)30(35)28-29(23-13-16-26(38-4)27(19-23)39-5)34(32(37)31(28)36)18-8-17-33(2)3/h6-7,9-16,19,29,35H,8,17-18,20H2,1-5H3/t29-/m0/s1. The zero-order chi connectivity index (χ0) is 28.8. The first-order valence-corrected chi connectivity index (χ1v) is 13.2. The molecule has 4 rings (SSSR count). The molecule has 0 radical (unpaired) electrons. The monoisotopic (exact) mass is 544 g/mol. The smallest absolute Gasteiger partial charge is 0.295 e. The summed E-state index contributed by atoms with van der Waals surface area (Å²) in [5.74, 6) is 0.0190. The molecule has 8 heteroatoms. The number of carbonyl (C=O) groups excluding carboxylic acids is 2. The van der Waals surface area contributed by atoms with E-state index in [9.17, 15) is 14.7 Å². The molecule has 0 aromatic heterocycles. The Balaban J connectivity index is 1.68. The maximum atomic E-state index is 13.3. The molecule has 0 unspecified atom stereocenters. The number of rotatable bonds is 11. The number of ketones is 1. The number of ether oxygens (including phenoxy) is 3. The summed E-state index contributed by atoms with van der Waals surface area (Å²) in [6.07, 6.45) is 0.663. The summed E-state index contributed by atoms with van der Waals surface area (Å²) in [5, 5.41) is 11.4. The zero-order valence-electron chi connectivity index (χ0n) is 23.6. The molecule has 0 spiro atoms. The molecule has 0 saturated carbocycles. The van der Waals surface area contributed by atoms with Gasteiger partial charge in [-0.2, -0.15) is 0 Å². The summed E-state index contributed by atoms with van der Waals surface area (Å²) < 4.78 is 16.8. The van der Waals surface area contributed by atoms with Crippen molar-refractivity contribution in [2.45, 2.75) is 26.0 Å². The topological polar surface area (TPSA) is 88.5 Å². The lowest BCUT2D eigenvalue weighted by Crippen LogP contribution is -2.32. The fraction of sp³-hybridized carbons (Fsp3) is 0.312. The molecule has 1 heterocycles. The molecule has 1 N–H and O–H groups in total. The number of aryl methyl sites for hydroxylation is 1. The third kappa shape index (κ3) is 6.13. The van der Waals surface area contributed by atoms with Gasteiger partial charge in [0.2, 0.25) is 0 Å². The van der Waals surface area contributed by atoms with Crippen LogP contribution in [0.15, 0.2) is 72.3 Å². The van der Waals surface area contributed by atoms with Crippen LogP contribution in [0.4, 0.5) is 0 Å². The summed E-state index contributed by atoms with van der Waals surface area (Å²) in [4.78, 5) is 30.1. The van der Waals surface area contributed by atoms with Crippen LogP contribution in [0.3, 0.4) is 0 Å². The molecule has 210 valence electrons. The first kappa shape index (κ1) is 28.7. The quantitative estimate of drug-likeness (QED) is 0.207. The van der Waals surface area contributed by atoms with Crippen LogP contribution in [0, 0.1) is 6.92 Å². The Morgan fingerprint density at radius 3 is 2.30 bits per heavy atom. The van der Waals surface area contributed by atoms with Crippen molar-refractivity contribution in [3.8, 4) is 17.2 Å². The highest BCUT2D eigenvalue weighted by molar-refractivity contribution is 6.46. The number of hydrogen-bond donors (Lipinski definition) is 1. The maximum absolute atomic E-state index is 13.3. The molecule has 1 saturated heterocycles. The van der Waals surface area contributed by atoms with E-state index < -0.39 is 17.7 Å². The third-order valence-electron chi connectivity index (χ3n) is 7.05. The highest BCUT2D eigenvalue weighted by atomic mass is 16.5. The van der Waals surface area contributed by atoms with Crippen LogP contribution in [0.1, 0.15) is 34.7 Å². The van der Waals surface area contributed by atoms with E-state index >= 15 is 0 Å². The molecule has 0 bridgehead atoms. The number of methoxy groups -OCH3 is 2. The van der Waals surface area contributed by atoms with Gasteiger partial charge in [-0.3, -0.25) is 9.59 Å². The van der Waals surface area contributed by atoms with Crippen LogP contribution < -0.4 is 14.2 Å². The highest BCUT2D eigenvalue weighted by Crippen LogP contribution is 2.42. The van der Waals surface area contributed by atoms with Gasteiger partial charge in [-0.25, -0.2) is 0 Å². The number of amides is 1. The second-order valence-electron chi connectivity index (χ2n) is 10.0. The van der Waals surface area contributed by atoms with Gasteiger partial charge in [0.25, 0.3) is 11.7 Å². The SMILES string of the molecule is COc1ccc([C@H]2C(=C(O)c3ccc(OCc4ccccc4C)cc3)C(=O)C(=O)N2CCCN(C)C)cc1OC. The van der Waals surface area contributed by atoms with Gasteiger partial charge in [0.1, 0.15) is 18.1 Å². The number of Topliss-reactive ketones (excluding diaryl/α,β-unsaturated/α-hetero) is 1. The number of benzene rings is 3. The van der Waals surface area contributed by atoms with Gasteiger partial charge in [0.05, 0.1) is 25.8 Å². The second-order valence-corrected chi connectivity index (χ2v) is 10.0. The molecule has 0 aliphatic carbocycles. The Bertz CT molecular complexity index is 1400. The average molecular weight is 545 g/mol. The van der Waals surface area contributed by atoms with Gasteiger partial charge in [-0.05, 0) is 87.1 Å². The van der Waals surface area contributed by atoms with E-state index in [1.807, 2.05) is 50.2 Å². The van der Waals surface area contributed by atoms with Gasteiger partial charge in [-0.15, -0.1) is 0 Å². The Morgan fingerprint density at radius 2 is 1.65 bits per heavy atom. The minimum Gasteiger partial charge on any atom is -0.507 e. The normalized spacial score (nSPS) is 16.4. The second kappa shape index (κ2) is 12.7. The van der Waals surface area contributed by atoms with Gasteiger partial charge < -0.3 is 29.1 Å². The minimum absolute atomic E-state index is 0.0376. The Labute approximate surface area is 235 Å². The number of likely N-dealkylation sites (tertiary alicyclic amines) is 1. The molecule has 3 aromatic carbocycles. The van der Waals surface area contributed by atoms with E-state index in [0.717, 1.165) is 17.7 Å². The first-order valence-electron chi connectivity index (χ1n) is 13.2. The van der Waals surface area contributed by atoms with Gasteiger partial charge in [0, 0.05) is 12.1 Å². The van der Waals surface area contributed by atoms with E-state index in [2.05, 4.69) is 0 Å². The van der Waals surface area contributed by atoms with Gasteiger partial charge >= 0.3 is 0 Å². The van der Waals surface area contributed by atoms with E-state index in [1.54, 1.807) is 49.6 Å². The Kier molecular flexibility index (Phi) is 9.11. The number of hydrogen-bond acceptors (Lipinski definition) is 7. The molecule has 8 nitrogen and oxygen atoms in total. The summed E-state index contributed by atoms with van der Waals surface area (Å²) in [6.45, 7) is 3.54. The molecule has 1 amide bonds. The molecular formula is C32H36N2O6. The van der Waals surface area contributed by atoms with Crippen LogP contribution in [0.2, 0.25) is 0 Å². The lowest BCUT2D eigenvalue weighted by molar-refractivity contribution is -0.139. The summed E-state index contributed by atoms with van der Waals surface area (Å²) in [7, 11) is 6.97.